The topological polar surface area (TPSA) is 35.2 Å². The molecule has 3 heteroatoms. The van der Waals surface area contributed by atoms with Gasteiger partial charge in [0, 0.05) is 15.6 Å². The third-order valence-corrected chi connectivity index (χ3v) is 3.83. The van der Waals surface area contributed by atoms with Gasteiger partial charge in [-0.05, 0) is 44.4 Å². The molecule has 0 saturated carbocycles. The number of ether oxygens (including phenoxy) is 1. The van der Waals surface area contributed by atoms with Crippen LogP contribution in [-0.2, 0) is 0 Å². The van der Waals surface area contributed by atoms with Crippen LogP contribution in [0.2, 0.25) is 0 Å². The van der Waals surface area contributed by atoms with E-state index >= 15 is 0 Å². The van der Waals surface area contributed by atoms with Gasteiger partial charge in [0.05, 0.1) is 7.11 Å². The molecule has 1 aromatic carbocycles. The third-order valence-electron chi connectivity index (χ3n) is 3.01. The molecule has 1 rings (SSSR count). The summed E-state index contributed by atoms with van der Waals surface area (Å²) in [6, 6.07) is 2.15. The van der Waals surface area contributed by atoms with Gasteiger partial charge in [-0.1, -0.05) is 22.9 Å². The maximum absolute atomic E-state index is 5.63. The first-order valence-corrected chi connectivity index (χ1v) is 6.35. The average Bonchev–Trinajstić information content (AvgIpc) is 2.23. The van der Waals surface area contributed by atoms with Gasteiger partial charge in [-0.3, -0.25) is 0 Å². The molecule has 16 heavy (non-hydrogen) atoms. The first-order chi connectivity index (χ1) is 7.52. The van der Waals surface area contributed by atoms with Crippen LogP contribution in [0.1, 0.15) is 36.0 Å². The lowest BCUT2D eigenvalue weighted by molar-refractivity contribution is 0.401. The monoisotopic (exact) mass is 285 g/mol. The molecule has 0 amide bonds. The van der Waals surface area contributed by atoms with Gasteiger partial charge in [0.25, 0.3) is 0 Å². The van der Waals surface area contributed by atoms with Crippen molar-refractivity contribution in [2.45, 2.75) is 33.1 Å². The molecule has 90 valence electrons. The summed E-state index contributed by atoms with van der Waals surface area (Å²) < 4.78 is 6.64. The molecule has 0 saturated heterocycles. The zero-order valence-electron chi connectivity index (χ0n) is 10.4. The second kappa shape index (κ2) is 5.69. The van der Waals surface area contributed by atoms with Crippen LogP contribution in [0.25, 0.3) is 0 Å². The Bertz CT molecular complexity index is 377. The molecule has 0 aliphatic rings. The van der Waals surface area contributed by atoms with E-state index in [9.17, 15) is 0 Å². The van der Waals surface area contributed by atoms with E-state index in [4.69, 9.17) is 10.5 Å². The minimum Gasteiger partial charge on any atom is -0.496 e. The minimum atomic E-state index is 0.437. The normalized spacial score (nSPS) is 12.6. The van der Waals surface area contributed by atoms with Crippen LogP contribution in [0.4, 0.5) is 0 Å². The minimum absolute atomic E-state index is 0.437. The van der Waals surface area contributed by atoms with Crippen LogP contribution in [0.15, 0.2) is 10.5 Å². The number of nitrogens with two attached hydrogens (primary N) is 1. The maximum Gasteiger partial charge on any atom is 0.126 e. The lowest BCUT2D eigenvalue weighted by Crippen LogP contribution is -2.08. The predicted octanol–water partition coefficient (Wildman–Crippen LogP) is 3.53. The molecule has 0 heterocycles. The summed E-state index contributed by atoms with van der Waals surface area (Å²) in [5, 5.41) is 0. The number of hydrogen-bond acceptors (Lipinski definition) is 2. The smallest absolute Gasteiger partial charge is 0.126 e. The van der Waals surface area contributed by atoms with Crippen molar-refractivity contribution in [3.63, 3.8) is 0 Å². The highest BCUT2D eigenvalue weighted by Gasteiger charge is 2.17. The van der Waals surface area contributed by atoms with Gasteiger partial charge in [0.15, 0.2) is 0 Å². The lowest BCUT2D eigenvalue weighted by atomic mass is 9.91. The molecule has 0 spiro atoms. The molecule has 0 fully saturated rings. The standard InChI is InChI=1S/C13H20BrNO/c1-8(5-6-15)12-9(2)7-11(14)10(3)13(12)16-4/h7-8H,5-6,15H2,1-4H3. The molecule has 2 N–H and O–H groups in total. The van der Waals surface area contributed by atoms with Gasteiger partial charge in [0.1, 0.15) is 5.75 Å². The second-order valence-corrected chi connectivity index (χ2v) is 5.08. The van der Waals surface area contributed by atoms with Gasteiger partial charge in [0.2, 0.25) is 0 Å². The molecule has 0 aliphatic heterocycles. The zero-order valence-corrected chi connectivity index (χ0v) is 12.0. The molecule has 1 atom stereocenters. The summed E-state index contributed by atoms with van der Waals surface area (Å²) in [7, 11) is 1.73. The summed E-state index contributed by atoms with van der Waals surface area (Å²) in [5.41, 5.74) is 9.33. The van der Waals surface area contributed by atoms with E-state index in [1.165, 1.54) is 11.1 Å². The highest BCUT2D eigenvalue weighted by atomic mass is 79.9. The molecule has 1 unspecified atom stereocenters. The van der Waals surface area contributed by atoms with Gasteiger partial charge in [-0.15, -0.1) is 0 Å². The number of rotatable bonds is 4. The van der Waals surface area contributed by atoms with E-state index in [-0.39, 0.29) is 0 Å². The average molecular weight is 286 g/mol. The zero-order chi connectivity index (χ0) is 12.3. The van der Waals surface area contributed by atoms with E-state index in [0.29, 0.717) is 12.5 Å². The quantitative estimate of drug-likeness (QED) is 0.919. The van der Waals surface area contributed by atoms with Crippen molar-refractivity contribution >= 4 is 15.9 Å². The first-order valence-electron chi connectivity index (χ1n) is 5.56. The fourth-order valence-electron chi connectivity index (χ4n) is 2.14. The van der Waals surface area contributed by atoms with Crippen molar-refractivity contribution in [3.8, 4) is 5.75 Å². The molecule has 0 aliphatic carbocycles. The van der Waals surface area contributed by atoms with Crippen molar-refractivity contribution in [3.05, 3.63) is 27.2 Å². The van der Waals surface area contributed by atoms with Crippen LogP contribution < -0.4 is 10.5 Å². The summed E-state index contributed by atoms with van der Waals surface area (Å²) in [4.78, 5) is 0. The molecular weight excluding hydrogens is 266 g/mol. The second-order valence-electron chi connectivity index (χ2n) is 4.23. The molecular formula is C13H20BrNO. The van der Waals surface area contributed by atoms with Crippen LogP contribution in [0.3, 0.4) is 0 Å². The van der Waals surface area contributed by atoms with E-state index in [2.05, 4.69) is 42.8 Å². The number of hydrogen-bond donors (Lipinski definition) is 1. The maximum atomic E-state index is 5.63. The number of benzene rings is 1. The van der Waals surface area contributed by atoms with E-state index in [1.54, 1.807) is 7.11 Å². The predicted molar refractivity (Wildman–Crippen MR) is 72.3 cm³/mol. The van der Waals surface area contributed by atoms with Crippen LogP contribution in [0, 0.1) is 13.8 Å². The highest BCUT2D eigenvalue weighted by molar-refractivity contribution is 9.10. The Hall–Kier alpha value is -0.540. The largest absolute Gasteiger partial charge is 0.496 e. The Morgan fingerprint density at radius 2 is 2.06 bits per heavy atom. The summed E-state index contributed by atoms with van der Waals surface area (Å²) >= 11 is 3.56. The Balaban J connectivity index is 3.30. The Labute approximate surface area is 106 Å². The number of methoxy groups -OCH3 is 1. The summed E-state index contributed by atoms with van der Waals surface area (Å²) in [6.07, 6.45) is 0.984. The van der Waals surface area contributed by atoms with E-state index < -0.39 is 0 Å². The third kappa shape index (κ3) is 2.58. The van der Waals surface area contributed by atoms with Crippen LogP contribution in [0.5, 0.6) is 5.75 Å². The van der Waals surface area contributed by atoms with Gasteiger partial charge in [-0.25, -0.2) is 0 Å². The van der Waals surface area contributed by atoms with E-state index in [1.807, 2.05) is 0 Å². The SMILES string of the molecule is COc1c(C)c(Br)cc(C)c1C(C)CCN. The number of halogens is 1. The number of aryl methyl sites for hydroxylation is 1. The molecule has 0 aromatic heterocycles. The van der Waals surface area contributed by atoms with Crippen LogP contribution in [-0.4, -0.2) is 13.7 Å². The Kier molecular flexibility index (Phi) is 4.81. The van der Waals surface area contributed by atoms with Gasteiger partial charge in [-0.2, -0.15) is 0 Å². The summed E-state index contributed by atoms with van der Waals surface area (Å²) in [5.74, 6) is 1.43. The van der Waals surface area contributed by atoms with Crippen molar-refractivity contribution in [1.82, 2.24) is 0 Å². The molecule has 2 nitrogen and oxygen atoms in total. The van der Waals surface area contributed by atoms with Gasteiger partial charge < -0.3 is 10.5 Å². The van der Waals surface area contributed by atoms with Crippen molar-refractivity contribution in [2.24, 2.45) is 5.73 Å². The lowest BCUT2D eigenvalue weighted by Gasteiger charge is -2.20. The fraction of sp³-hybridized carbons (Fsp3) is 0.538. The molecule has 0 radical (unpaired) electrons. The van der Waals surface area contributed by atoms with Crippen molar-refractivity contribution in [2.75, 3.05) is 13.7 Å². The van der Waals surface area contributed by atoms with Crippen molar-refractivity contribution in [1.29, 1.82) is 0 Å². The highest BCUT2D eigenvalue weighted by Crippen LogP contribution is 2.38. The Morgan fingerprint density at radius 1 is 1.44 bits per heavy atom. The van der Waals surface area contributed by atoms with E-state index in [0.717, 1.165) is 22.2 Å². The summed E-state index contributed by atoms with van der Waals surface area (Å²) in [6.45, 7) is 7.10. The van der Waals surface area contributed by atoms with Crippen molar-refractivity contribution < 1.29 is 4.74 Å². The van der Waals surface area contributed by atoms with Crippen LogP contribution >= 0.6 is 15.9 Å². The fourth-order valence-corrected chi connectivity index (χ4v) is 2.66. The molecule has 1 aromatic rings. The Morgan fingerprint density at radius 3 is 2.56 bits per heavy atom. The first kappa shape index (κ1) is 13.5. The molecule has 0 bridgehead atoms. The van der Waals surface area contributed by atoms with Gasteiger partial charge >= 0.3 is 0 Å².